The molecule has 1 atom stereocenters. The van der Waals surface area contributed by atoms with E-state index in [9.17, 15) is 10.1 Å². The van der Waals surface area contributed by atoms with Crippen molar-refractivity contribution in [3.05, 3.63) is 39.9 Å². The van der Waals surface area contributed by atoms with Gasteiger partial charge in [-0.3, -0.25) is 10.1 Å². The summed E-state index contributed by atoms with van der Waals surface area (Å²) in [6, 6.07) is 6.62. The zero-order chi connectivity index (χ0) is 12.0. The Morgan fingerprint density at radius 1 is 1.56 bits per heavy atom. The van der Waals surface area contributed by atoms with Crippen molar-refractivity contribution >= 4 is 5.69 Å². The lowest BCUT2D eigenvalue weighted by atomic mass is 10.0. The lowest BCUT2D eigenvalue weighted by Gasteiger charge is -2.16. The zero-order valence-electron chi connectivity index (χ0n) is 9.22. The number of rotatable bonds is 6. The highest BCUT2D eigenvalue weighted by molar-refractivity contribution is 5.35. The number of aliphatic hydroxyl groups excluding tert-OH is 1. The van der Waals surface area contributed by atoms with Gasteiger partial charge >= 0.3 is 0 Å². The molecule has 5 heteroatoms. The molecular weight excluding hydrogens is 208 g/mol. The SMILES string of the molecule is CCC(NCCO)c1cccc([N+](=O)[O-])c1. The topological polar surface area (TPSA) is 75.4 Å². The molecule has 0 saturated heterocycles. The van der Waals surface area contributed by atoms with Crippen molar-refractivity contribution in [2.75, 3.05) is 13.2 Å². The molecule has 0 aliphatic rings. The van der Waals surface area contributed by atoms with E-state index in [2.05, 4.69) is 5.32 Å². The molecular formula is C11H16N2O3. The van der Waals surface area contributed by atoms with E-state index in [1.54, 1.807) is 12.1 Å². The summed E-state index contributed by atoms with van der Waals surface area (Å²) >= 11 is 0. The Bertz CT molecular complexity index is 355. The number of benzene rings is 1. The molecule has 0 bridgehead atoms. The monoisotopic (exact) mass is 224 g/mol. The Kier molecular flexibility index (Phi) is 4.88. The molecule has 0 radical (unpaired) electrons. The van der Waals surface area contributed by atoms with Crippen LogP contribution in [0.2, 0.25) is 0 Å². The molecule has 1 aromatic carbocycles. The third kappa shape index (κ3) is 3.29. The van der Waals surface area contributed by atoms with E-state index in [0.717, 1.165) is 12.0 Å². The normalized spacial score (nSPS) is 12.4. The number of nitrogens with one attached hydrogen (secondary N) is 1. The van der Waals surface area contributed by atoms with Crippen LogP contribution in [-0.2, 0) is 0 Å². The smallest absolute Gasteiger partial charge is 0.269 e. The maximum Gasteiger partial charge on any atom is 0.269 e. The maximum absolute atomic E-state index is 10.6. The molecule has 0 fully saturated rings. The van der Waals surface area contributed by atoms with Crippen LogP contribution in [0.3, 0.4) is 0 Å². The fraction of sp³-hybridized carbons (Fsp3) is 0.455. The summed E-state index contributed by atoms with van der Waals surface area (Å²) in [7, 11) is 0. The Morgan fingerprint density at radius 2 is 2.31 bits per heavy atom. The third-order valence-corrected chi connectivity index (χ3v) is 2.39. The highest BCUT2D eigenvalue weighted by Gasteiger charge is 2.12. The van der Waals surface area contributed by atoms with Crippen LogP contribution in [0.15, 0.2) is 24.3 Å². The summed E-state index contributed by atoms with van der Waals surface area (Å²) in [5.41, 5.74) is 0.979. The lowest BCUT2D eigenvalue weighted by molar-refractivity contribution is -0.384. The van der Waals surface area contributed by atoms with Gasteiger partial charge in [0, 0.05) is 24.7 Å². The van der Waals surface area contributed by atoms with Gasteiger partial charge in [0.1, 0.15) is 0 Å². The molecule has 0 heterocycles. The van der Waals surface area contributed by atoms with Gasteiger partial charge in [-0.05, 0) is 12.0 Å². The second-order valence-electron chi connectivity index (χ2n) is 3.49. The Hall–Kier alpha value is -1.46. The predicted octanol–water partition coefficient (Wildman–Crippen LogP) is 1.63. The van der Waals surface area contributed by atoms with Crippen LogP contribution < -0.4 is 5.32 Å². The molecule has 16 heavy (non-hydrogen) atoms. The molecule has 0 aromatic heterocycles. The minimum absolute atomic E-state index is 0.0482. The molecule has 0 amide bonds. The number of nitrogens with zero attached hydrogens (tertiary/aromatic N) is 1. The predicted molar refractivity (Wildman–Crippen MR) is 61.2 cm³/mol. The molecule has 1 unspecified atom stereocenters. The fourth-order valence-corrected chi connectivity index (χ4v) is 1.59. The van der Waals surface area contributed by atoms with Gasteiger partial charge in [0.2, 0.25) is 0 Å². The van der Waals surface area contributed by atoms with E-state index < -0.39 is 4.92 Å². The van der Waals surface area contributed by atoms with Crippen molar-refractivity contribution in [3.8, 4) is 0 Å². The molecule has 5 nitrogen and oxygen atoms in total. The maximum atomic E-state index is 10.6. The minimum atomic E-state index is -0.401. The van der Waals surface area contributed by atoms with Crippen molar-refractivity contribution in [3.63, 3.8) is 0 Å². The van der Waals surface area contributed by atoms with Crippen LogP contribution in [-0.4, -0.2) is 23.2 Å². The summed E-state index contributed by atoms with van der Waals surface area (Å²) in [6.45, 7) is 2.54. The molecule has 2 N–H and O–H groups in total. The standard InChI is InChI=1S/C11H16N2O3/c1-2-11(12-6-7-14)9-4-3-5-10(8-9)13(15)16/h3-5,8,11-12,14H,2,6-7H2,1H3. The summed E-state index contributed by atoms with van der Waals surface area (Å²) in [4.78, 5) is 10.2. The highest BCUT2D eigenvalue weighted by atomic mass is 16.6. The van der Waals surface area contributed by atoms with Gasteiger partial charge in [-0.25, -0.2) is 0 Å². The van der Waals surface area contributed by atoms with Gasteiger partial charge < -0.3 is 10.4 Å². The average molecular weight is 224 g/mol. The second-order valence-corrected chi connectivity index (χ2v) is 3.49. The summed E-state index contributed by atoms with van der Waals surface area (Å²) < 4.78 is 0. The number of nitro groups is 1. The highest BCUT2D eigenvalue weighted by Crippen LogP contribution is 2.21. The second kappa shape index (κ2) is 6.19. The van der Waals surface area contributed by atoms with Crippen LogP contribution in [0.25, 0.3) is 0 Å². The molecule has 88 valence electrons. The van der Waals surface area contributed by atoms with E-state index in [4.69, 9.17) is 5.11 Å². The first-order valence-electron chi connectivity index (χ1n) is 5.27. The first-order chi connectivity index (χ1) is 7.69. The number of non-ortho nitro benzene ring substituents is 1. The number of hydrogen-bond acceptors (Lipinski definition) is 4. The molecule has 0 aliphatic carbocycles. The molecule has 1 rings (SSSR count). The van der Waals surface area contributed by atoms with Crippen molar-refractivity contribution in [1.82, 2.24) is 5.32 Å². The van der Waals surface area contributed by atoms with Gasteiger partial charge in [0.05, 0.1) is 11.5 Å². The summed E-state index contributed by atoms with van der Waals surface area (Å²) in [6.07, 6.45) is 0.821. The van der Waals surface area contributed by atoms with Crippen LogP contribution in [0, 0.1) is 10.1 Å². The number of nitro benzene ring substituents is 1. The Morgan fingerprint density at radius 3 is 2.88 bits per heavy atom. The first-order valence-corrected chi connectivity index (χ1v) is 5.27. The van der Waals surface area contributed by atoms with E-state index >= 15 is 0 Å². The van der Waals surface area contributed by atoms with Crippen LogP contribution >= 0.6 is 0 Å². The van der Waals surface area contributed by atoms with Crippen LogP contribution in [0.5, 0.6) is 0 Å². The van der Waals surface area contributed by atoms with Crippen molar-refractivity contribution in [2.24, 2.45) is 0 Å². The molecule has 0 spiro atoms. The van der Waals surface area contributed by atoms with E-state index in [1.165, 1.54) is 6.07 Å². The molecule has 0 saturated carbocycles. The van der Waals surface area contributed by atoms with Crippen LogP contribution in [0.1, 0.15) is 24.9 Å². The Balaban J connectivity index is 2.83. The lowest BCUT2D eigenvalue weighted by Crippen LogP contribution is -2.23. The first kappa shape index (κ1) is 12.6. The molecule has 1 aromatic rings. The molecule has 0 aliphatic heterocycles. The van der Waals surface area contributed by atoms with Gasteiger partial charge in [0.25, 0.3) is 5.69 Å². The van der Waals surface area contributed by atoms with E-state index in [-0.39, 0.29) is 18.3 Å². The third-order valence-electron chi connectivity index (χ3n) is 2.39. The summed E-state index contributed by atoms with van der Waals surface area (Å²) in [5, 5.41) is 22.5. The van der Waals surface area contributed by atoms with Gasteiger partial charge in [-0.2, -0.15) is 0 Å². The van der Waals surface area contributed by atoms with Gasteiger partial charge in [-0.15, -0.1) is 0 Å². The van der Waals surface area contributed by atoms with Gasteiger partial charge in [-0.1, -0.05) is 19.1 Å². The number of hydrogen-bond donors (Lipinski definition) is 2. The van der Waals surface area contributed by atoms with Crippen molar-refractivity contribution < 1.29 is 10.0 Å². The average Bonchev–Trinajstić information content (AvgIpc) is 2.30. The summed E-state index contributed by atoms with van der Waals surface area (Å²) in [5.74, 6) is 0. The fourth-order valence-electron chi connectivity index (χ4n) is 1.59. The van der Waals surface area contributed by atoms with Gasteiger partial charge in [0.15, 0.2) is 0 Å². The Labute approximate surface area is 94.3 Å². The van der Waals surface area contributed by atoms with Crippen molar-refractivity contribution in [2.45, 2.75) is 19.4 Å². The van der Waals surface area contributed by atoms with E-state index in [0.29, 0.717) is 6.54 Å². The zero-order valence-corrected chi connectivity index (χ0v) is 9.22. The minimum Gasteiger partial charge on any atom is -0.395 e. The van der Waals surface area contributed by atoms with Crippen LogP contribution in [0.4, 0.5) is 5.69 Å². The quantitative estimate of drug-likeness (QED) is 0.568. The van der Waals surface area contributed by atoms with Crippen molar-refractivity contribution in [1.29, 1.82) is 0 Å². The van der Waals surface area contributed by atoms with E-state index in [1.807, 2.05) is 13.0 Å². The largest absolute Gasteiger partial charge is 0.395 e. The number of aliphatic hydroxyl groups is 1.